The summed E-state index contributed by atoms with van der Waals surface area (Å²) in [6.45, 7) is 14.7. The summed E-state index contributed by atoms with van der Waals surface area (Å²) in [5.74, 6) is -0.0625. The Labute approximate surface area is 282 Å². The number of fused-ring (bicyclic) bond motifs is 2. The molecule has 0 saturated carbocycles. The summed E-state index contributed by atoms with van der Waals surface area (Å²) in [4.78, 5) is 14.9. The second-order valence-corrected chi connectivity index (χ2v) is 18.1. The molecule has 1 heterocycles. The van der Waals surface area contributed by atoms with E-state index in [0.717, 1.165) is 11.3 Å². The molecule has 1 aromatic heterocycles. The van der Waals surface area contributed by atoms with Crippen molar-refractivity contribution < 1.29 is 30.0 Å². The largest absolute Gasteiger partial charge is 0.512 e. The number of hydrogen-bond donors (Lipinski definition) is 1. The molecule has 45 heavy (non-hydrogen) atoms. The van der Waals surface area contributed by atoms with Gasteiger partial charge < -0.3 is 10.1 Å². The molecule has 0 atom stereocenters. The average molecular weight is 787 g/mol. The summed E-state index contributed by atoms with van der Waals surface area (Å²) >= 11 is 0. The van der Waals surface area contributed by atoms with E-state index in [4.69, 9.17) is 10.1 Å². The molecule has 1 N–H and O–H groups in total. The van der Waals surface area contributed by atoms with Crippen molar-refractivity contribution in [2.45, 2.75) is 52.8 Å². The van der Waals surface area contributed by atoms with Crippen LogP contribution in [0.15, 0.2) is 109 Å². The molecule has 0 amide bonds. The van der Waals surface area contributed by atoms with Crippen molar-refractivity contribution in [3.63, 3.8) is 0 Å². The van der Waals surface area contributed by atoms with Crippen LogP contribution in [0.25, 0.3) is 44.8 Å². The SMILES string of the molecule is CC(=O)/C=C(/C)O.CC1(C)C(c2ccccc2)=Cc2c1[c-]c(-c1nccc3cc([Si](C)(C)C)ccc13)cc2-c1ccccc1.[Ir]. The van der Waals surface area contributed by atoms with Gasteiger partial charge in [0, 0.05) is 32.4 Å². The first-order valence-electron chi connectivity index (χ1n) is 15.1. The quantitative estimate of drug-likeness (QED) is 0.0836. The Morgan fingerprint density at radius 2 is 1.49 bits per heavy atom. The molecule has 0 aliphatic heterocycles. The molecule has 0 fully saturated rings. The van der Waals surface area contributed by atoms with Gasteiger partial charge in [0.25, 0.3) is 0 Å². The number of hydrogen-bond acceptors (Lipinski definition) is 3. The zero-order chi connectivity index (χ0) is 31.6. The molecule has 0 spiro atoms. The maximum Gasteiger partial charge on any atom is 0.155 e. The number of ketones is 1. The number of rotatable bonds is 5. The number of benzene rings is 4. The van der Waals surface area contributed by atoms with Crippen LogP contribution in [0.4, 0.5) is 0 Å². The van der Waals surface area contributed by atoms with Crippen molar-refractivity contribution in [1.29, 1.82) is 0 Å². The minimum absolute atomic E-state index is 0. The molecule has 6 rings (SSSR count). The van der Waals surface area contributed by atoms with E-state index in [1.54, 1.807) is 0 Å². The average Bonchev–Trinajstić information content (AvgIpc) is 3.26. The maximum atomic E-state index is 10.0. The van der Waals surface area contributed by atoms with Gasteiger partial charge in [0.05, 0.1) is 13.8 Å². The van der Waals surface area contributed by atoms with E-state index in [9.17, 15) is 4.79 Å². The van der Waals surface area contributed by atoms with E-state index in [-0.39, 0.29) is 37.1 Å². The van der Waals surface area contributed by atoms with E-state index >= 15 is 0 Å². The van der Waals surface area contributed by atoms with Crippen molar-refractivity contribution in [3.05, 3.63) is 132 Å². The fourth-order valence-corrected chi connectivity index (χ4v) is 7.07. The van der Waals surface area contributed by atoms with E-state index in [1.165, 1.54) is 69.3 Å². The van der Waals surface area contributed by atoms with Gasteiger partial charge in [-0.3, -0.25) is 4.79 Å². The second kappa shape index (κ2) is 13.6. The van der Waals surface area contributed by atoms with Crippen molar-refractivity contribution in [1.82, 2.24) is 4.98 Å². The molecule has 5 heteroatoms. The molecule has 3 nitrogen and oxygen atoms in total. The minimum Gasteiger partial charge on any atom is -0.512 e. The van der Waals surface area contributed by atoms with E-state index < -0.39 is 8.07 Å². The summed E-state index contributed by atoms with van der Waals surface area (Å²) in [5, 5.41) is 12.3. The van der Waals surface area contributed by atoms with Crippen LogP contribution in [-0.4, -0.2) is 23.9 Å². The first-order chi connectivity index (χ1) is 20.9. The molecule has 0 saturated heterocycles. The van der Waals surface area contributed by atoms with Gasteiger partial charge in [0.15, 0.2) is 5.78 Å². The van der Waals surface area contributed by atoms with Crippen LogP contribution < -0.4 is 5.19 Å². The second-order valence-electron chi connectivity index (χ2n) is 13.0. The van der Waals surface area contributed by atoms with Crippen LogP contribution in [0.1, 0.15) is 44.4 Å². The fraction of sp³-hybridized carbons (Fsp3) is 0.200. The number of allylic oxidation sites excluding steroid dienone is 3. The molecule has 231 valence electrons. The number of carbonyl (C=O) groups excluding carboxylic acids is 1. The first kappa shape index (κ1) is 34.0. The molecular formula is C40H40IrNO2Si-. The molecule has 1 radical (unpaired) electrons. The molecule has 0 bridgehead atoms. The smallest absolute Gasteiger partial charge is 0.155 e. The molecule has 1 aliphatic carbocycles. The Bertz CT molecular complexity index is 1900. The van der Waals surface area contributed by atoms with Gasteiger partial charge in [-0.25, -0.2) is 0 Å². The molecule has 1 aliphatic rings. The Morgan fingerprint density at radius 3 is 2.04 bits per heavy atom. The zero-order valence-electron chi connectivity index (χ0n) is 27.0. The van der Waals surface area contributed by atoms with Crippen LogP contribution in [-0.2, 0) is 30.3 Å². The van der Waals surface area contributed by atoms with Crippen LogP contribution in [0.2, 0.25) is 19.6 Å². The Morgan fingerprint density at radius 1 is 0.867 bits per heavy atom. The topological polar surface area (TPSA) is 50.2 Å². The maximum absolute atomic E-state index is 10.0. The molecule has 5 aromatic rings. The molecule has 4 aromatic carbocycles. The number of pyridine rings is 1. The third-order valence-corrected chi connectivity index (χ3v) is 10.2. The van der Waals surface area contributed by atoms with Crippen LogP contribution in [0.3, 0.4) is 0 Å². The standard InChI is InChI=1S/C35H32NSi.C5H8O2.Ir/c1-35(2)32(25-14-10-7-11-15-25)23-31-30(24-12-8-6-9-13-24)21-27(22-33(31)35)34-29-17-16-28(37(3,4)5)20-26(29)18-19-36-34;1-4(6)3-5(2)7;/h6-21,23H,1-5H3;3,6H,1-2H3;/q-1;;/b;4-3-;. The fourth-order valence-electron chi connectivity index (χ4n) is 5.90. The zero-order valence-corrected chi connectivity index (χ0v) is 30.4. The number of aliphatic hydroxyl groups is 1. The van der Waals surface area contributed by atoms with Gasteiger partial charge in [-0.2, -0.15) is 0 Å². The summed E-state index contributed by atoms with van der Waals surface area (Å²) < 4.78 is 0. The predicted molar refractivity (Wildman–Crippen MR) is 189 cm³/mol. The number of aliphatic hydroxyl groups excluding tert-OH is 1. The Kier molecular flexibility index (Phi) is 10.3. The third-order valence-electron chi connectivity index (χ3n) is 8.16. The normalized spacial score (nSPS) is 13.7. The number of carbonyl (C=O) groups is 1. The minimum atomic E-state index is -1.41. The van der Waals surface area contributed by atoms with E-state index in [2.05, 4.69) is 137 Å². The Balaban J connectivity index is 0.000000519. The van der Waals surface area contributed by atoms with Crippen molar-refractivity contribution >= 4 is 41.5 Å². The van der Waals surface area contributed by atoms with Gasteiger partial charge in [-0.05, 0) is 58.5 Å². The van der Waals surface area contributed by atoms with Crippen molar-refractivity contribution in [3.8, 4) is 22.4 Å². The van der Waals surface area contributed by atoms with Crippen LogP contribution >= 0.6 is 0 Å². The predicted octanol–water partition coefficient (Wildman–Crippen LogP) is 9.78. The summed E-state index contributed by atoms with van der Waals surface area (Å²) in [6, 6.07) is 36.7. The van der Waals surface area contributed by atoms with Gasteiger partial charge in [-0.15, -0.1) is 23.3 Å². The van der Waals surface area contributed by atoms with Crippen LogP contribution in [0, 0.1) is 6.07 Å². The number of nitrogens with zero attached hydrogens (tertiary/aromatic N) is 1. The summed E-state index contributed by atoms with van der Waals surface area (Å²) in [5.41, 5.74) is 9.44. The number of aromatic nitrogens is 1. The van der Waals surface area contributed by atoms with Crippen molar-refractivity contribution in [2.75, 3.05) is 0 Å². The Hall–Kier alpha value is -3.89. The first-order valence-corrected chi connectivity index (χ1v) is 18.6. The van der Waals surface area contributed by atoms with E-state index in [0.29, 0.717) is 0 Å². The molecular weight excluding hydrogens is 747 g/mol. The van der Waals surface area contributed by atoms with Crippen LogP contribution in [0.5, 0.6) is 0 Å². The third kappa shape index (κ3) is 7.33. The van der Waals surface area contributed by atoms with Gasteiger partial charge in [-0.1, -0.05) is 135 Å². The summed E-state index contributed by atoms with van der Waals surface area (Å²) in [7, 11) is -1.41. The van der Waals surface area contributed by atoms with Gasteiger partial charge >= 0.3 is 0 Å². The summed E-state index contributed by atoms with van der Waals surface area (Å²) in [6.07, 6.45) is 5.50. The van der Waals surface area contributed by atoms with Gasteiger partial charge in [0.1, 0.15) is 0 Å². The van der Waals surface area contributed by atoms with E-state index in [1.807, 2.05) is 6.20 Å². The monoisotopic (exact) mass is 787 g/mol. The van der Waals surface area contributed by atoms with Crippen molar-refractivity contribution in [2.24, 2.45) is 0 Å². The molecule has 0 unspecified atom stereocenters. The van der Waals surface area contributed by atoms with Gasteiger partial charge in [0.2, 0.25) is 0 Å².